The molecule has 0 saturated carbocycles. The van der Waals surface area contributed by atoms with E-state index in [2.05, 4.69) is 14.9 Å². The first kappa shape index (κ1) is 19.8. The zero-order valence-electron chi connectivity index (χ0n) is 14.8. The molecular formula is C16H26N4O4S. The molecule has 0 bridgehead atoms. The van der Waals surface area contributed by atoms with Gasteiger partial charge in [-0.2, -0.15) is 17.4 Å². The van der Waals surface area contributed by atoms with Crippen LogP contribution in [0.3, 0.4) is 0 Å². The van der Waals surface area contributed by atoms with E-state index in [0.29, 0.717) is 26.1 Å². The normalized spacial score (nSPS) is 22.1. The van der Waals surface area contributed by atoms with Crippen molar-refractivity contribution in [2.75, 3.05) is 32.5 Å². The quantitative estimate of drug-likeness (QED) is 0.653. The second-order valence-corrected chi connectivity index (χ2v) is 8.40. The molecule has 9 heteroatoms. The van der Waals surface area contributed by atoms with Crippen LogP contribution in [0, 0.1) is 0 Å². The molecule has 1 aromatic carbocycles. The Morgan fingerprint density at radius 2 is 1.96 bits per heavy atom. The molecule has 2 atom stereocenters. The highest BCUT2D eigenvalue weighted by Gasteiger charge is 2.31. The molecule has 3 N–H and O–H groups in total. The van der Waals surface area contributed by atoms with Gasteiger partial charge < -0.3 is 10.4 Å². The Morgan fingerprint density at radius 3 is 2.48 bits per heavy atom. The lowest BCUT2D eigenvalue weighted by Gasteiger charge is -2.36. The number of likely N-dealkylation sites (tertiary alicyclic amines) is 1. The zero-order valence-corrected chi connectivity index (χ0v) is 15.6. The highest BCUT2D eigenvalue weighted by Crippen LogP contribution is 2.17. The molecule has 0 aliphatic carbocycles. The fraction of sp³-hybridized carbons (Fsp3) is 0.562. The van der Waals surface area contributed by atoms with Gasteiger partial charge in [-0.1, -0.05) is 12.1 Å². The first-order valence-corrected chi connectivity index (χ1v) is 9.58. The first-order valence-electron chi connectivity index (χ1n) is 8.14. The minimum Gasteiger partial charge on any atom is -0.390 e. The Kier molecular flexibility index (Phi) is 6.53. The molecule has 25 heavy (non-hydrogen) atoms. The van der Waals surface area contributed by atoms with Gasteiger partial charge in [-0.15, -0.1) is 0 Å². The summed E-state index contributed by atoms with van der Waals surface area (Å²) in [6, 6.07) is 7.05. The number of piperidine rings is 1. The molecule has 0 unspecified atom stereocenters. The second kappa shape index (κ2) is 8.24. The van der Waals surface area contributed by atoms with E-state index >= 15 is 0 Å². The predicted molar refractivity (Wildman–Crippen MR) is 96.2 cm³/mol. The molecule has 2 rings (SSSR count). The Hall–Kier alpha value is -1.52. The molecule has 1 fully saturated rings. The van der Waals surface area contributed by atoms with Crippen molar-refractivity contribution >= 4 is 21.8 Å². The van der Waals surface area contributed by atoms with E-state index in [1.54, 1.807) is 0 Å². The van der Waals surface area contributed by atoms with E-state index in [9.17, 15) is 18.3 Å². The zero-order chi connectivity index (χ0) is 18.6. The SMILES string of the molecule is CC(=O)Nc1ccc(CN2CC[C@@H](NS(=O)(=O)N(C)C)[C@H](O)C2)cc1. The molecule has 0 aromatic heterocycles. The summed E-state index contributed by atoms with van der Waals surface area (Å²) in [6.45, 7) is 3.20. The molecular weight excluding hydrogens is 344 g/mol. The van der Waals surface area contributed by atoms with Gasteiger partial charge >= 0.3 is 0 Å². The Labute approximate surface area is 149 Å². The van der Waals surface area contributed by atoms with Gasteiger partial charge in [0.15, 0.2) is 0 Å². The maximum absolute atomic E-state index is 11.9. The highest BCUT2D eigenvalue weighted by atomic mass is 32.2. The molecule has 1 saturated heterocycles. The fourth-order valence-electron chi connectivity index (χ4n) is 2.73. The van der Waals surface area contributed by atoms with Crippen molar-refractivity contribution in [3.8, 4) is 0 Å². The van der Waals surface area contributed by atoms with Crippen LogP contribution in [0.5, 0.6) is 0 Å². The summed E-state index contributed by atoms with van der Waals surface area (Å²) in [7, 11) is -0.646. The lowest BCUT2D eigenvalue weighted by molar-refractivity contribution is -0.114. The van der Waals surface area contributed by atoms with E-state index in [0.717, 1.165) is 15.6 Å². The second-order valence-electron chi connectivity index (χ2n) is 6.48. The van der Waals surface area contributed by atoms with Gasteiger partial charge in [0.25, 0.3) is 10.2 Å². The number of aliphatic hydroxyl groups excluding tert-OH is 1. The van der Waals surface area contributed by atoms with Crippen LogP contribution in [-0.2, 0) is 21.5 Å². The van der Waals surface area contributed by atoms with Crippen LogP contribution in [0.2, 0.25) is 0 Å². The third-order valence-electron chi connectivity index (χ3n) is 4.13. The molecule has 8 nitrogen and oxygen atoms in total. The Bertz CT molecular complexity index is 691. The number of aliphatic hydroxyl groups is 1. The topological polar surface area (TPSA) is 102 Å². The summed E-state index contributed by atoms with van der Waals surface area (Å²) in [5.74, 6) is -0.113. The molecule has 140 valence electrons. The third kappa shape index (κ3) is 5.75. The Morgan fingerprint density at radius 1 is 1.32 bits per heavy atom. The van der Waals surface area contributed by atoms with Crippen molar-refractivity contribution < 1.29 is 18.3 Å². The molecule has 0 spiro atoms. The minimum atomic E-state index is -3.55. The number of anilines is 1. The average Bonchev–Trinajstić information content (AvgIpc) is 2.51. The van der Waals surface area contributed by atoms with E-state index in [1.165, 1.54) is 21.0 Å². The van der Waals surface area contributed by atoms with Gasteiger partial charge in [-0.3, -0.25) is 9.69 Å². The van der Waals surface area contributed by atoms with Crippen LogP contribution in [0.25, 0.3) is 0 Å². The third-order valence-corrected chi connectivity index (χ3v) is 5.69. The van der Waals surface area contributed by atoms with Gasteiger partial charge in [0.2, 0.25) is 5.91 Å². The van der Waals surface area contributed by atoms with Gasteiger partial charge in [0, 0.05) is 46.3 Å². The van der Waals surface area contributed by atoms with Crippen molar-refractivity contribution in [3.05, 3.63) is 29.8 Å². The minimum absolute atomic E-state index is 0.113. The van der Waals surface area contributed by atoms with E-state index in [-0.39, 0.29) is 5.91 Å². The number of hydrogen-bond donors (Lipinski definition) is 3. The number of β-amino-alcohol motifs (C(OH)–C–C–N with tert-alkyl or cyclic N) is 1. The van der Waals surface area contributed by atoms with Crippen LogP contribution >= 0.6 is 0 Å². The number of benzene rings is 1. The first-order chi connectivity index (χ1) is 11.7. The van der Waals surface area contributed by atoms with Crippen LogP contribution in [-0.4, -0.2) is 68.0 Å². The van der Waals surface area contributed by atoms with Crippen LogP contribution < -0.4 is 10.0 Å². The van der Waals surface area contributed by atoms with Crippen molar-refractivity contribution in [2.45, 2.75) is 32.0 Å². The number of carbonyl (C=O) groups is 1. The lowest BCUT2D eigenvalue weighted by atomic mass is 10.0. The lowest BCUT2D eigenvalue weighted by Crippen LogP contribution is -2.55. The molecule has 0 radical (unpaired) electrons. The van der Waals surface area contributed by atoms with E-state index in [1.807, 2.05) is 24.3 Å². The van der Waals surface area contributed by atoms with Gasteiger partial charge in [0.1, 0.15) is 0 Å². The van der Waals surface area contributed by atoms with Crippen LogP contribution in [0.1, 0.15) is 18.9 Å². The highest BCUT2D eigenvalue weighted by molar-refractivity contribution is 7.87. The van der Waals surface area contributed by atoms with Crippen molar-refractivity contribution in [1.82, 2.24) is 13.9 Å². The molecule has 1 aliphatic heterocycles. The van der Waals surface area contributed by atoms with Crippen molar-refractivity contribution in [1.29, 1.82) is 0 Å². The van der Waals surface area contributed by atoms with Crippen molar-refractivity contribution in [3.63, 3.8) is 0 Å². The van der Waals surface area contributed by atoms with Crippen LogP contribution in [0.4, 0.5) is 5.69 Å². The summed E-state index contributed by atoms with van der Waals surface area (Å²) >= 11 is 0. The number of amides is 1. The van der Waals surface area contributed by atoms with E-state index in [4.69, 9.17) is 0 Å². The van der Waals surface area contributed by atoms with Crippen molar-refractivity contribution in [2.24, 2.45) is 0 Å². The predicted octanol–water partition coefficient (Wildman–Crippen LogP) is -0.0238. The summed E-state index contributed by atoms with van der Waals surface area (Å²) in [5.41, 5.74) is 1.81. The van der Waals surface area contributed by atoms with Crippen LogP contribution in [0.15, 0.2) is 24.3 Å². The smallest absolute Gasteiger partial charge is 0.279 e. The number of rotatable bonds is 6. The molecule has 1 aromatic rings. The number of carbonyl (C=O) groups excluding carboxylic acids is 1. The summed E-state index contributed by atoms with van der Waals surface area (Å²) in [4.78, 5) is 13.1. The molecule has 1 amide bonds. The molecule has 1 aliphatic rings. The maximum Gasteiger partial charge on any atom is 0.279 e. The standard InChI is InChI=1S/C16H26N4O4S/c1-12(21)17-14-6-4-13(5-7-14)10-20-9-8-15(16(22)11-20)18-25(23,24)19(2)3/h4-7,15-16,18,22H,8-11H2,1-3H3,(H,17,21)/t15-,16-/m1/s1. The monoisotopic (exact) mass is 370 g/mol. The number of nitrogens with zero attached hydrogens (tertiary/aromatic N) is 2. The fourth-order valence-corrected chi connectivity index (χ4v) is 3.60. The van der Waals surface area contributed by atoms with Gasteiger partial charge in [-0.05, 0) is 24.1 Å². The van der Waals surface area contributed by atoms with Gasteiger partial charge in [0.05, 0.1) is 12.1 Å². The number of hydrogen-bond acceptors (Lipinski definition) is 5. The Balaban J connectivity index is 1.89. The average molecular weight is 370 g/mol. The largest absolute Gasteiger partial charge is 0.390 e. The van der Waals surface area contributed by atoms with Gasteiger partial charge in [-0.25, -0.2) is 0 Å². The summed E-state index contributed by atoms with van der Waals surface area (Å²) < 4.78 is 27.4. The summed E-state index contributed by atoms with van der Waals surface area (Å²) in [6.07, 6.45) is -0.222. The summed E-state index contributed by atoms with van der Waals surface area (Å²) in [5, 5.41) is 13.0. The van der Waals surface area contributed by atoms with E-state index < -0.39 is 22.4 Å². The molecule has 1 heterocycles. The number of nitrogens with one attached hydrogen (secondary N) is 2. The maximum atomic E-state index is 11.9.